The predicted molar refractivity (Wildman–Crippen MR) is 105 cm³/mol. The van der Waals surface area contributed by atoms with E-state index in [1.807, 2.05) is 0 Å². The predicted octanol–water partition coefficient (Wildman–Crippen LogP) is 4.90. The van der Waals surface area contributed by atoms with Gasteiger partial charge in [0.2, 0.25) is 0 Å². The molecule has 1 aromatic carbocycles. The summed E-state index contributed by atoms with van der Waals surface area (Å²) >= 11 is 0. The largest absolute Gasteiger partial charge is 0.303 e. The number of hydrogen-bond donors (Lipinski definition) is 0. The molecule has 0 N–H and O–H groups in total. The minimum atomic E-state index is 0.950. The highest BCUT2D eigenvalue weighted by Gasteiger charge is 2.10. The van der Waals surface area contributed by atoms with Gasteiger partial charge in [0, 0.05) is 18.7 Å². The van der Waals surface area contributed by atoms with Gasteiger partial charge in [-0.3, -0.25) is 4.99 Å². The summed E-state index contributed by atoms with van der Waals surface area (Å²) < 4.78 is 0. The fourth-order valence-corrected chi connectivity index (χ4v) is 3.28. The van der Waals surface area contributed by atoms with Gasteiger partial charge in [0.05, 0.1) is 0 Å². The maximum atomic E-state index is 4.79. The van der Waals surface area contributed by atoms with Gasteiger partial charge in [0.1, 0.15) is 0 Å². The summed E-state index contributed by atoms with van der Waals surface area (Å²) in [5.41, 5.74) is 3.79. The molecule has 0 unspecified atom stereocenters. The zero-order valence-electron chi connectivity index (χ0n) is 14.5. The van der Waals surface area contributed by atoms with Gasteiger partial charge < -0.3 is 4.90 Å². The zero-order chi connectivity index (χ0) is 16.5. The molecule has 1 heterocycles. The lowest BCUT2D eigenvalue weighted by atomic mass is 10.0. The average Bonchev–Trinajstić information content (AvgIpc) is 3.14. The molecule has 3 rings (SSSR count). The number of allylic oxidation sites excluding steroid dienone is 5. The number of unbranched alkanes of at least 4 members (excludes halogenated alkanes) is 1. The van der Waals surface area contributed by atoms with Crippen LogP contribution in [-0.2, 0) is 0 Å². The third-order valence-electron chi connectivity index (χ3n) is 4.67. The monoisotopic (exact) mass is 320 g/mol. The Labute approximate surface area is 146 Å². The van der Waals surface area contributed by atoms with E-state index in [0.717, 1.165) is 13.0 Å². The molecular formula is C22H28N2. The van der Waals surface area contributed by atoms with Crippen LogP contribution in [0.3, 0.4) is 0 Å². The molecule has 0 spiro atoms. The first kappa shape index (κ1) is 16.9. The van der Waals surface area contributed by atoms with E-state index in [1.165, 1.54) is 62.2 Å². The second-order valence-electron chi connectivity index (χ2n) is 6.65. The third kappa shape index (κ3) is 5.61. The van der Waals surface area contributed by atoms with Gasteiger partial charge >= 0.3 is 0 Å². The SMILES string of the molecule is C1=CC(=NCCCCN2CCCC2)CC(C=Cc2ccccc2)=C1. The lowest BCUT2D eigenvalue weighted by Crippen LogP contribution is -2.20. The minimum absolute atomic E-state index is 0.950. The van der Waals surface area contributed by atoms with Gasteiger partial charge in [-0.15, -0.1) is 0 Å². The fourth-order valence-electron chi connectivity index (χ4n) is 3.28. The van der Waals surface area contributed by atoms with Crippen molar-refractivity contribution >= 4 is 11.8 Å². The second kappa shape index (κ2) is 9.39. The van der Waals surface area contributed by atoms with Crippen molar-refractivity contribution < 1.29 is 0 Å². The Morgan fingerprint density at radius 1 is 1.00 bits per heavy atom. The van der Waals surface area contributed by atoms with Crippen molar-refractivity contribution in [2.75, 3.05) is 26.2 Å². The van der Waals surface area contributed by atoms with E-state index in [4.69, 9.17) is 4.99 Å². The normalized spacial score (nSPS) is 20.2. The van der Waals surface area contributed by atoms with Gasteiger partial charge in [0.15, 0.2) is 0 Å². The summed E-state index contributed by atoms with van der Waals surface area (Å²) in [7, 11) is 0. The van der Waals surface area contributed by atoms with Crippen molar-refractivity contribution in [2.45, 2.75) is 32.1 Å². The number of hydrogen-bond acceptors (Lipinski definition) is 2. The first-order chi connectivity index (χ1) is 11.9. The maximum Gasteiger partial charge on any atom is 0.0393 e. The molecular weight excluding hydrogens is 292 g/mol. The molecule has 2 heteroatoms. The number of rotatable bonds is 7. The standard InChI is InChI=1S/C22H28N2/c1-2-9-20(10-3-1)13-14-21-11-8-12-22(19-21)23-15-4-5-16-24-17-6-7-18-24/h1-3,8-14H,4-7,15-19H2. The van der Waals surface area contributed by atoms with E-state index in [2.05, 4.69) is 65.6 Å². The molecule has 0 radical (unpaired) electrons. The summed E-state index contributed by atoms with van der Waals surface area (Å²) in [6.45, 7) is 4.83. The molecule has 1 saturated heterocycles. The van der Waals surface area contributed by atoms with Gasteiger partial charge in [-0.25, -0.2) is 0 Å². The van der Waals surface area contributed by atoms with Crippen molar-refractivity contribution in [3.05, 3.63) is 65.8 Å². The van der Waals surface area contributed by atoms with Crippen LogP contribution in [-0.4, -0.2) is 36.8 Å². The van der Waals surface area contributed by atoms with Crippen LogP contribution in [0.5, 0.6) is 0 Å². The van der Waals surface area contributed by atoms with Crippen LogP contribution in [0.25, 0.3) is 6.08 Å². The molecule has 0 aromatic heterocycles. The lowest BCUT2D eigenvalue weighted by molar-refractivity contribution is 0.331. The maximum absolute atomic E-state index is 4.79. The quantitative estimate of drug-likeness (QED) is 0.652. The Hall–Kier alpha value is -1.93. The molecule has 1 aliphatic heterocycles. The van der Waals surface area contributed by atoms with E-state index in [1.54, 1.807) is 0 Å². The fraction of sp³-hybridized carbons (Fsp3) is 0.409. The van der Waals surface area contributed by atoms with Crippen LogP contribution < -0.4 is 0 Å². The molecule has 2 nitrogen and oxygen atoms in total. The number of benzene rings is 1. The Balaban J connectivity index is 1.40. The molecule has 0 atom stereocenters. The minimum Gasteiger partial charge on any atom is -0.303 e. The van der Waals surface area contributed by atoms with Gasteiger partial charge in [0.25, 0.3) is 0 Å². The van der Waals surface area contributed by atoms with Crippen molar-refractivity contribution in [1.29, 1.82) is 0 Å². The number of nitrogens with zero attached hydrogens (tertiary/aromatic N) is 2. The molecule has 1 aliphatic carbocycles. The third-order valence-corrected chi connectivity index (χ3v) is 4.67. The molecule has 0 amide bonds. The summed E-state index contributed by atoms with van der Waals surface area (Å²) in [6.07, 6.45) is 17.1. The summed E-state index contributed by atoms with van der Waals surface area (Å²) in [5.74, 6) is 0. The highest BCUT2D eigenvalue weighted by Crippen LogP contribution is 2.14. The Morgan fingerprint density at radius 3 is 2.67 bits per heavy atom. The zero-order valence-corrected chi connectivity index (χ0v) is 14.5. The number of likely N-dealkylation sites (tertiary alicyclic amines) is 1. The van der Waals surface area contributed by atoms with Crippen LogP contribution in [0, 0.1) is 0 Å². The smallest absolute Gasteiger partial charge is 0.0393 e. The van der Waals surface area contributed by atoms with Crippen LogP contribution >= 0.6 is 0 Å². The highest BCUT2D eigenvalue weighted by atomic mass is 15.1. The summed E-state index contributed by atoms with van der Waals surface area (Å²) in [5, 5.41) is 0. The van der Waals surface area contributed by atoms with E-state index in [-0.39, 0.29) is 0 Å². The highest BCUT2D eigenvalue weighted by molar-refractivity contribution is 5.98. The molecule has 2 aliphatic rings. The van der Waals surface area contributed by atoms with Gasteiger partial charge in [-0.1, -0.05) is 54.6 Å². The summed E-state index contributed by atoms with van der Waals surface area (Å²) in [6, 6.07) is 10.5. The van der Waals surface area contributed by atoms with E-state index in [9.17, 15) is 0 Å². The van der Waals surface area contributed by atoms with Crippen LogP contribution in [0.1, 0.15) is 37.7 Å². The molecule has 0 saturated carbocycles. The average molecular weight is 320 g/mol. The first-order valence-electron chi connectivity index (χ1n) is 9.26. The van der Waals surface area contributed by atoms with Crippen LogP contribution in [0.4, 0.5) is 0 Å². The van der Waals surface area contributed by atoms with Crippen LogP contribution in [0.15, 0.2) is 65.2 Å². The van der Waals surface area contributed by atoms with E-state index >= 15 is 0 Å². The molecule has 1 fully saturated rings. The van der Waals surface area contributed by atoms with E-state index in [0.29, 0.717) is 0 Å². The van der Waals surface area contributed by atoms with Crippen molar-refractivity contribution in [3.63, 3.8) is 0 Å². The summed E-state index contributed by atoms with van der Waals surface area (Å²) in [4.78, 5) is 7.38. The van der Waals surface area contributed by atoms with Crippen molar-refractivity contribution in [1.82, 2.24) is 4.90 Å². The first-order valence-corrected chi connectivity index (χ1v) is 9.26. The Kier molecular flexibility index (Phi) is 6.61. The lowest BCUT2D eigenvalue weighted by Gasteiger charge is -2.13. The van der Waals surface area contributed by atoms with Gasteiger partial charge in [-0.05, 0) is 62.5 Å². The molecule has 24 heavy (non-hydrogen) atoms. The number of aliphatic imine (C=N–C) groups is 1. The Morgan fingerprint density at radius 2 is 1.83 bits per heavy atom. The second-order valence-corrected chi connectivity index (χ2v) is 6.65. The van der Waals surface area contributed by atoms with Crippen molar-refractivity contribution in [2.24, 2.45) is 4.99 Å². The molecule has 0 bridgehead atoms. The Bertz CT molecular complexity index is 617. The van der Waals surface area contributed by atoms with Crippen LogP contribution in [0.2, 0.25) is 0 Å². The van der Waals surface area contributed by atoms with E-state index < -0.39 is 0 Å². The topological polar surface area (TPSA) is 15.6 Å². The molecule has 126 valence electrons. The van der Waals surface area contributed by atoms with Crippen molar-refractivity contribution in [3.8, 4) is 0 Å². The van der Waals surface area contributed by atoms with Gasteiger partial charge in [-0.2, -0.15) is 0 Å². The molecule has 1 aromatic rings.